The number of carbonyl (C=O) groups is 2. The number of amides is 1. The summed E-state index contributed by atoms with van der Waals surface area (Å²) >= 11 is 6.39. The van der Waals surface area contributed by atoms with Crippen molar-refractivity contribution in [3.63, 3.8) is 0 Å². The van der Waals surface area contributed by atoms with Crippen LogP contribution in [0.2, 0.25) is 5.02 Å². The second-order valence-corrected chi connectivity index (χ2v) is 9.59. The number of nitro groups is 1. The molecule has 1 unspecified atom stereocenters. The highest BCUT2D eigenvalue weighted by Crippen LogP contribution is 2.49. The molecule has 0 fully saturated rings. The number of carbonyl (C=O) groups excluding carboxylic acids is 2. The topological polar surface area (TPSA) is 89.8 Å². The third-order valence-electron chi connectivity index (χ3n) is 6.12. The average Bonchev–Trinajstić information content (AvgIpc) is 2.73. The van der Waals surface area contributed by atoms with Gasteiger partial charge in [-0.05, 0) is 42.5 Å². The van der Waals surface area contributed by atoms with Gasteiger partial charge in [-0.1, -0.05) is 37.6 Å². The van der Waals surface area contributed by atoms with Crippen molar-refractivity contribution in [3.05, 3.63) is 74.4 Å². The summed E-state index contributed by atoms with van der Waals surface area (Å²) < 4.78 is 5.52. The molecule has 1 aliphatic carbocycles. The van der Waals surface area contributed by atoms with Gasteiger partial charge in [0.25, 0.3) is 5.69 Å². The molecular formula is C25H25ClN2O5. The molecule has 1 amide bonds. The maximum absolute atomic E-state index is 13.5. The monoisotopic (exact) mass is 468 g/mol. The Morgan fingerprint density at radius 2 is 1.85 bits per heavy atom. The van der Waals surface area contributed by atoms with E-state index in [0.29, 0.717) is 36.4 Å². The van der Waals surface area contributed by atoms with Crippen LogP contribution in [0.3, 0.4) is 0 Å². The predicted molar refractivity (Wildman–Crippen MR) is 126 cm³/mol. The Labute approximate surface area is 197 Å². The highest BCUT2D eigenvalue weighted by atomic mass is 35.5. The van der Waals surface area contributed by atoms with Gasteiger partial charge in [-0.25, -0.2) is 0 Å². The number of rotatable bonds is 5. The summed E-state index contributed by atoms with van der Waals surface area (Å²) in [5.41, 5.74) is 1.99. The van der Waals surface area contributed by atoms with E-state index in [9.17, 15) is 19.7 Å². The van der Waals surface area contributed by atoms with Crippen LogP contribution in [0.25, 0.3) is 0 Å². The van der Waals surface area contributed by atoms with E-state index in [0.717, 1.165) is 11.3 Å². The van der Waals surface area contributed by atoms with Crippen LogP contribution in [-0.4, -0.2) is 23.2 Å². The van der Waals surface area contributed by atoms with E-state index in [-0.39, 0.29) is 40.2 Å². The first-order chi connectivity index (χ1) is 15.6. The van der Waals surface area contributed by atoms with Gasteiger partial charge in [-0.3, -0.25) is 24.6 Å². The van der Waals surface area contributed by atoms with E-state index in [2.05, 4.69) is 0 Å². The van der Waals surface area contributed by atoms with Gasteiger partial charge in [0, 0.05) is 42.2 Å². The van der Waals surface area contributed by atoms with E-state index < -0.39 is 4.92 Å². The van der Waals surface area contributed by atoms with Crippen molar-refractivity contribution < 1.29 is 19.2 Å². The van der Waals surface area contributed by atoms with E-state index in [4.69, 9.17) is 16.3 Å². The largest absolute Gasteiger partial charge is 0.494 e. The lowest BCUT2D eigenvalue weighted by Gasteiger charge is -2.43. The molecule has 1 heterocycles. The van der Waals surface area contributed by atoms with Crippen LogP contribution >= 0.6 is 11.6 Å². The van der Waals surface area contributed by atoms with Crippen LogP contribution in [0.15, 0.2) is 53.7 Å². The fourth-order valence-corrected chi connectivity index (χ4v) is 4.99. The second-order valence-electron chi connectivity index (χ2n) is 9.18. The zero-order valence-electron chi connectivity index (χ0n) is 18.8. The quantitative estimate of drug-likeness (QED) is 0.408. The molecule has 1 aliphatic heterocycles. The highest BCUT2D eigenvalue weighted by molar-refractivity contribution is 6.34. The molecule has 0 bridgehead atoms. The Hall–Kier alpha value is -3.19. The molecule has 0 saturated carbocycles. The molecule has 0 saturated heterocycles. The van der Waals surface area contributed by atoms with Crippen LogP contribution in [0.5, 0.6) is 5.75 Å². The number of anilines is 1. The summed E-state index contributed by atoms with van der Waals surface area (Å²) in [6, 6.07) is 11.5. The molecular weight excluding hydrogens is 444 g/mol. The van der Waals surface area contributed by atoms with Crippen molar-refractivity contribution in [1.82, 2.24) is 0 Å². The number of hydrogen-bond acceptors (Lipinski definition) is 5. The second kappa shape index (κ2) is 8.63. The van der Waals surface area contributed by atoms with Gasteiger partial charge >= 0.3 is 0 Å². The Morgan fingerprint density at radius 1 is 1.15 bits per heavy atom. The first-order valence-corrected chi connectivity index (χ1v) is 11.2. The lowest BCUT2D eigenvalue weighted by molar-refractivity contribution is -0.384. The Bertz CT molecular complexity index is 1170. The van der Waals surface area contributed by atoms with Crippen LogP contribution in [-0.2, 0) is 9.59 Å². The smallest absolute Gasteiger partial charge is 0.271 e. The number of ether oxygens (including phenoxy) is 1. The minimum Gasteiger partial charge on any atom is -0.494 e. The molecule has 0 radical (unpaired) electrons. The summed E-state index contributed by atoms with van der Waals surface area (Å²) in [6.45, 7) is 6.45. The number of allylic oxidation sites excluding steroid dienone is 2. The number of benzene rings is 2. The summed E-state index contributed by atoms with van der Waals surface area (Å²) in [5, 5.41) is 11.2. The molecule has 172 valence electrons. The van der Waals surface area contributed by atoms with Gasteiger partial charge in [-0.2, -0.15) is 0 Å². The molecule has 0 spiro atoms. The third-order valence-corrected chi connectivity index (χ3v) is 6.42. The number of Topliss-reactive ketones (excluding diaryl/α,β-unsaturated/α-hetero) is 1. The van der Waals surface area contributed by atoms with Crippen LogP contribution in [0.4, 0.5) is 11.4 Å². The van der Waals surface area contributed by atoms with Crippen LogP contribution in [0, 0.1) is 15.5 Å². The van der Waals surface area contributed by atoms with E-state index in [1.165, 1.54) is 23.1 Å². The number of nitrogens with zero attached hydrogens (tertiary/aromatic N) is 2. The van der Waals surface area contributed by atoms with Crippen molar-refractivity contribution in [2.45, 2.75) is 46.0 Å². The van der Waals surface area contributed by atoms with Crippen molar-refractivity contribution in [1.29, 1.82) is 0 Å². The van der Waals surface area contributed by atoms with E-state index >= 15 is 0 Å². The van der Waals surface area contributed by atoms with Crippen molar-refractivity contribution in [2.75, 3.05) is 11.5 Å². The fraction of sp³-hybridized carbons (Fsp3) is 0.360. The number of halogens is 1. The number of non-ortho nitro benzene ring substituents is 1. The highest BCUT2D eigenvalue weighted by Gasteiger charge is 2.44. The maximum atomic E-state index is 13.5. The molecule has 4 rings (SSSR count). The minimum atomic E-state index is -0.534. The minimum absolute atomic E-state index is 0.00988. The zero-order chi connectivity index (χ0) is 23.9. The summed E-state index contributed by atoms with van der Waals surface area (Å²) in [7, 11) is 0. The van der Waals surface area contributed by atoms with Gasteiger partial charge in [0.2, 0.25) is 5.91 Å². The van der Waals surface area contributed by atoms with Gasteiger partial charge in [-0.15, -0.1) is 0 Å². The zero-order valence-corrected chi connectivity index (χ0v) is 19.5. The Balaban J connectivity index is 1.84. The first kappa shape index (κ1) is 23.0. The number of ketones is 1. The predicted octanol–water partition coefficient (Wildman–Crippen LogP) is 5.81. The standard InChI is InChI=1S/C25H25ClN2O5/c1-4-33-17-8-5-15(6-9-17)18-12-23(30)27(20-10-7-16(28(31)32)11-19(20)26)21-13-25(2,3)14-22(29)24(18)21/h5-11,18H,4,12-14H2,1-3H3. The normalized spacial score (nSPS) is 20.0. The maximum Gasteiger partial charge on any atom is 0.271 e. The summed E-state index contributed by atoms with van der Waals surface area (Å²) in [6.07, 6.45) is 1.00. The van der Waals surface area contributed by atoms with Crippen molar-refractivity contribution in [3.8, 4) is 5.75 Å². The molecule has 2 aromatic carbocycles. The van der Waals surface area contributed by atoms with Crippen LogP contribution in [0.1, 0.15) is 51.5 Å². The van der Waals surface area contributed by atoms with Gasteiger partial charge in [0.15, 0.2) is 5.78 Å². The first-order valence-electron chi connectivity index (χ1n) is 10.9. The van der Waals surface area contributed by atoms with Gasteiger partial charge < -0.3 is 4.74 Å². The van der Waals surface area contributed by atoms with Gasteiger partial charge in [0.1, 0.15) is 5.75 Å². The van der Waals surface area contributed by atoms with Crippen molar-refractivity contribution in [2.24, 2.45) is 5.41 Å². The third kappa shape index (κ3) is 4.37. The Morgan fingerprint density at radius 3 is 2.45 bits per heavy atom. The average molecular weight is 469 g/mol. The number of hydrogen-bond donors (Lipinski definition) is 0. The molecule has 2 aliphatic rings. The van der Waals surface area contributed by atoms with E-state index in [1.807, 2.05) is 45.0 Å². The fourth-order valence-electron chi connectivity index (χ4n) is 4.73. The lowest BCUT2D eigenvalue weighted by atomic mass is 9.69. The molecule has 0 N–H and O–H groups in total. The van der Waals surface area contributed by atoms with Gasteiger partial charge in [0.05, 0.1) is 22.2 Å². The SMILES string of the molecule is CCOc1ccc(C2CC(=O)N(c3ccc([N+](=O)[O-])cc3Cl)C3=C2C(=O)CC(C)(C)C3)cc1. The summed E-state index contributed by atoms with van der Waals surface area (Å²) in [5.74, 6) is 0.178. The molecule has 33 heavy (non-hydrogen) atoms. The van der Waals surface area contributed by atoms with Crippen LogP contribution < -0.4 is 9.64 Å². The van der Waals surface area contributed by atoms with Crippen molar-refractivity contribution >= 4 is 34.7 Å². The Kier molecular flexibility index (Phi) is 6.01. The molecule has 0 aromatic heterocycles. The van der Waals surface area contributed by atoms with E-state index in [1.54, 1.807) is 0 Å². The summed E-state index contributed by atoms with van der Waals surface area (Å²) in [4.78, 5) is 38.9. The molecule has 7 nitrogen and oxygen atoms in total. The lowest BCUT2D eigenvalue weighted by Crippen LogP contribution is -2.43. The molecule has 1 atom stereocenters. The number of nitro benzene ring substituents is 1. The molecule has 2 aromatic rings. The molecule has 8 heteroatoms.